The number of aromatic nitrogens is 2. The molecule has 0 spiro atoms. The Labute approximate surface area is 190 Å². The van der Waals surface area contributed by atoms with Gasteiger partial charge in [0.05, 0.1) is 35.4 Å². The van der Waals surface area contributed by atoms with Crippen molar-refractivity contribution in [2.75, 3.05) is 17.7 Å². The van der Waals surface area contributed by atoms with Crippen LogP contribution in [-0.4, -0.2) is 22.6 Å². The average molecular weight is 445 g/mol. The van der Waals surface area contributed by atoms with Crippen molar-refractivity contribution in [3.8, 4) is 5.75 Å². The summed E-state index contributed by atoms with van der Waals surface area (Å²) in [6.07, 6.45) is 0. The first kappa shape index (κ1) is 20.2. The van der Waals surface area contributed by atoms with E-state index in [1.807, 2.05) is 84.3 Å². The molecule has 0 saturated heterocycles. The van der Waals surface area contributed by atoms with Gasteiger partial charge in [0.2, 0.25) is 5.95 Å². The van der Waals surface area contributed by atoms with Crippen LogP contribution in [0.5, 0.6) is 5.75 Å². The van der Waals surface area contributed by atoms with Gasteiger partial charge in [-0.15, -0.1) is 0 Å². The number of allylic oxidation sites excluding steroid dienone is 1. The van der Waals surface area contributed by atoms with E-state index >= 15 is 0 Å². The molecule has 1 atom stereocenters. The third-order valence-electron chi connectivity index (χ3n) is 5.59. The number of benzene rings is 3. The maximum absolute atomic E-state index is 13.7. The van der Waals surface area contributed by atoms with E-state index in [9.17, 15) is 4.79 Å². The molecule has 1 aliphatic heterocycles. The minimum absolute atomic E-state index is 0.229. The van der Waals surface area contributed by atoms with E-state index in [1.165, 1.54) is 0 Å². The predicted octanol–water partition coefficient (Wildman–Crippen LogP) is 5.63. The van der Waals surface area contributed by atoms with Crippen LogP contribution in [-0.2, 0) is 4.79 Å². The summed E-state index contributed by atoms with van der Waals surface area (Å²) in [5, 5.41) is 6.94. The number of hydrogen-bond donors (Lipinski definition) is 2. The highest BCUT2D eigenvalue weighted by molar-refractivity contribution is 6.30. The summed E-state index contributed by atoms with van der Waals surface area (Å²) >= 11 is 6.34. The SMILES string of the molecule is COc1ccccc1NC(=O)C1=C(C)Nc2nc3ccccc3n2C1c1cccc(Cl)c1. The highest BCUT2D eigenvalue weighted by Crippen LogP contribution is 2.40. The summed E-state index contributed by atoms with van der Waals surface area (Å²) in [5.41, 5.74) is 4.58. The number of carbonyl (C=O) groups is 1. The molecule has 0 aliphatic carbocycles. The predicted molar refractivity (Wildman–Crippen MR) is 127 cm³/mol. The second-order valence-corrected chi connectivity index (χ2v) is 8.01. The number of methoxy groups -OCH3 is 1. The Hall–Kier alpha value is -3.77. The van der Waals surface area contributed by atoms with Gasteiger partial charge in [0.25, 0.3) is 5.91 Å². The third-order valence-corrected chi connectivity index (χ3v) is 5.83. The molecule has 6 nitrogen and oxygen atoms in total. The first-order valence-corrected chi connectivity index (χ1v) is 10.6. The molecule has 3 aromatic carbocycles. The van der Waals surface area contributed by atoms with Crippen LogP contribution in [0.1, 0.15) is 18.5 Å². The summed E-state index contributed by atoms with van der Waals surface area (Å²) in [7, 11) is 1.58. The second-order valence-electron chi connectivity index (χ2n) is 7.57. The van der Waals surface area contributed by atoms with Crippen LogP contribution < -0.4 is 15.4 Å². The fraction of sp³-hybridized carbons (Fsp3) is 0.120. The normalized spacial score (nSPS) is 15.3. The van der Waals surface area contributed by atoms with E-state index in [4.69, 9.17) is 21.3 Å². The number of halogens is 1. The summed E-state index contributed by atoms with van der Waals surface area (Å²) in [5.74, 6) is 1.05. The van der Waals surface area contributed by atoms with Gasteiger partial charge in [0.15, 0.2) is 0 Å². The molecule has 160 valence electrons. The van der Waals surface area contributed by atoms with Crippen LogP contribution in [0.4, 0.5) is 11.6 Å². The van der Waals surface area contributed by atoms with Crippen molar-refractivity contribution in [3.63, 3.8) is 0 Å². The van der Waals surface area contributed by atoms with Gasteiger partial charge in [-0.1, -0.05) is 48.0 Å². The number of nitrogens with one attached hydrogen (secondary N) is 2. The zero-order chi connectivity index (χ0) is 22.2. The lowest BCUT2D eigenvalue weighted by molar-refractivity contribution is -0.113. The number of para-hydroxylation sites is 4. The number of amides is 1. The molecule has 1 aromatic heterocycles. The molecule has 0 radical (unpaired) electrons. The Morgan fingerprint density at radius 2 is 1.88 bits per heavy atom. The van der Waals surface area contributed by atoms with Crippen molar-refractivity contribution < 1.29 is 9.53 Å². The van der Waals surface area contributed by atoms with Gasteiger partial charge in [0.1, 0.15) is 5.75 Å². The fourth-order valence-electron chi connectivity index (χ4n) is 4.19. The van der Waals surface area contributed by atoms with E-state index in [-0.39, 0.29) is 5.91 Å². The maximum atomic E-state index is 13.7. The van der Waals surface area contributed by atoms with E-state index in [2.05, 4.69) is 10.6 Å². The number of carbonyl (C=O) groups excluding carboxylic acids is 1. The maximum Gasteiger partial charge on any atom is 0.255 e. The monoisotopic (exact) mass is 444 g/mol. The van der Waals surface area contributed by atoms with Crippen molar-refractivity contribution >= 4 is 40.2 Å². The Bertz CT molecular complexity index is 1380. The molecule has 5 rings (SSSR count). The molecule has 4 aromatic rings. The lowest BCUT2D eigenvalue weighted by Crippen LogP contribution is -2.31. The van der Waals surface area contributed by atoms with Crippen molar-refractivity contribution in [1.82, 2.24) is 9.55 Å². The average Bonchev–Trinajstić information content (AvgIpc) is 3.16. The minimum Gasteiger partial charge on any atom is -0.495 e. The van der Waals surface area contributed by atoms with E-state index in [0.717, 1.165) is 22.3 Å². The molecule has 0 fully saturated rings. The molecule has 2 heterocycles. The molecule has 1 amide bonds. The van der Waals surface area contributed by atoms with Gasteiger partial charge in [-0.3, -0.25) is 9.36 Å². The topological polar surface area (TPSA) is 68.2 Å². The lowest BCUT2D eigenvalue weighted by Gasteiger charge is -2.31. The van der Waals surface area contributed by atoms with Crippen molar-refractivity contribution in [2.45, 2.75) is 13.0 Å². The van der Waals surface area contributed by atoms with E-state index < -0.39 is 6.04 Å². The van der Waals surface area contributed by atoms with Crippen molar-refractivity contribution in [3.05, 3.63) is 94.7 Å². The molecule has 0 saturated carbocycles. The standard InChI is InChI=1S/C25H21ClN4O2/c1-15-22(24(31)28-19-11-4-6-13-21(19)32-2)23(16-8-7-9-17(26)14-16)30-20-12-5-3-10-18(20)29-25(30)27-15/h3-14,23H,1-2H3,(H,27,29)(H,28,31). The fourth-order valence-corrected chi connectivity index (χ4v) is 4.39. The number of ether oxygens (including phenoxy) is 1. The largest absolute Gasteiger partial charge is 0.495 e. The Kier molecular flexibility index (Phi) is 5.07. The lowest BCUT2D eigenvalue weighted by atomic mass is 9.94. The molecule has 1 aliphatic rings. The number of imidazole rings is 1. The number of anilines is 2. The quantitative estimate of drug-likeness (QED) is 0.428. The van der Waals surface area contributed by atoms with Crippen molar-refractivity contribution in [2.24, 2.45) is 0 Å². The number of rotatable bonds is 4. The molecular formula is C25H21ClN4O2. The Morgan fingerprint density at radius 1 is 1.09 bits per heavy atom. The summed E-state index contributed by atoms with van der Waals surface area (Å²) in [4.78, 5) is 18.4. The Balaban J connectivity index is 1.67. The summed E-state index contributed by atoms with van der Waals surface area (Å²) in [6.45, 7) is 1.89. The highest BCUT2D eigenvalue weighted by Gasteiger charge is 2.34. The van der Waals surface area contributed by atoms with Crippen LogP contribution in [0.25, 0.3) is 11.0 Å². The number of nitrogens with zero attached hydrogens (tertiary/aromatic N) is 2. The van der Waals surface area contributed by atoms with Crippen molar-refractivity contribution in [1.29, 1.82) is 0 Å². The first-order chi connectivity index (χ1) is 15.6. The second kappa shape index (κ2) is 8.05. The van der Waals surface area contributed by atoms with Gasteiger partial charge in [-0.05, 0) is 48.9 Å². The van der Waals surface area contributed by atoms with Crippen LogP contribution in [0.2, 0.25) is 5.02 Å². The molecule has 1 unspecified atom stereocenters. The zero-order valence-electron chi connectivity index (χ0n) is 17.6. The van der Waals surface area contributed by atoms with Gasteiger partial charge in [-0.2, -0.15) is 0 Å². The molecule has 2 N–H and O–H groups in total. The number of fused-ring (bicyclic) bond motifs is 3. The number of hydrogen-bond acceptors (Lipinski definition) is 4. The molecular weight excluding hydrogens is 424 g/mol. The van der Waals surface area contributed by atoms with Crippen LogP contribution in [0.15, 0.2) is 84.1 Å². The Morgan fingerprint density at radius 3 is 2.69 bits per heavy atom. The van der Waals surface area contributed by atoms with Gasteiger partial charge in [0, 0.05) is 10.7 Å². The molecule has 7 heteroatoms. The molecule has 0 bridgehead atoms. The van der Waals surface area contributed by atoms with Gasteiger partial charge >= 0.3 is 0 Å². The van der Waals surface area contributed by atoms with Gasteiger partial charge in [-0.25, -0.2) is 4.98 Å². The zero-order valence-corrected chi connectivity index (χ0v) is 18.4. The van der Waals surface area contributed by atoms with E-state index in [0.29, 0.717) is 28.0 Å². The van der Waals surface area contributed by atoms with Crippen LogP contribution in [0, 0.1) is 0 Å². The third kappa shape index (κ3) is 3.39. The van der Waals surface area contributed by atoms with Gasteiger partial charge < -0.3 is 15.4 Å². The van der Waals surface area contributed by atoms with E-state index in [1.54, 1.807) is 7.11 Å². The highest BCUT2D eigenvalue weighted by atomic mass is 35.5. The minimum atomic E-state index is -0.410. The molecule has 32 heavy (non-hydrogen) atoms. The van der Waals surface area contributed by atoms with Crippen LogP contribution in [0.3, 0.4) is 0 Å². The van der Waals surface area contributed by atoms with Crippen LogP contribution >= 0.6 is 11.6 Å². The summed E-state index contributed by atoms with van der Waals surface area (Å²) < 4.78 is 7.46. The smallest absolute Gasteiger partial charge is 0.255 e. The first-order valence-electron chi connectivity index (χ1n) is 10.2. The summed E-state index contributed by atoms with van der Waals surface area (Å²) in [6, 6.07) is 22.4.